The van der Waals surface area contributed by atoms with Gasteiger partial charge in [-0.05, 0) is 48.6 Å². The monoisotopic (exact) mass is 366 g/mol. The van der Waals surface area contributed by atoms with Gasteiger partial charge in [0.15, 0.2) is 0 Å². The molecule has 26 heavy (non-hydrogen) atoms. The summed E-state index contributed by atoms with van der Waals surface area (Å²) < 4.78 is 1.79. The molecule has 0 aliphatic carbocycles. The second-order valence-electron chi connectivity index (χ2n) is 5.99. The van der Waals surface area contributed by atoms with Crippen molar-refractivity contribution in [2.45, 2.75) is 24.8 Å². The van der Waals surface area contributed by atoms with Crippen LogP contribution >= 0.6 is 11.8 Å². The summed E-state index contributed by atoms with van der Waals surface area (Å²) in [4.78, 5) is 16.2. The van der Waals surface area contributed by atoms with E-state index >= 15 is 0 Å². The molecule has 3 rings (SSSR count). The Labute approximate surface area is 158 Å². The molecule has 0 saturated heterocycles. The number of amides is 1. The van der Waals surface area contributed by atoms with Crippen molar-refractivity contribution in [2.75, 3.05) is 12.8 Å². The third-order valence-electron chi connectivity index (χ3n) is 4.12. The van der Waals surface area contributed by atoms with Crippen LogP contribution in [0.5, 0.6) is 0 Å². The van der Waals surface area contributed by atoms with Crippen LogP contribution in [0.1, 0.15) is 29.3 Å². The molecule has 1 aromatic heterocycles. The summed E-state index contributed by atoms with van der Waals surface area (Å²) >= 11 is 1.72. The van der Waals surface area contributed by atoms with Crippen molar-refractivity contribution in [2.24, 2.45) is 0 Å². The molecule has 134 valence electrons. The molecule has 5 nitrogen and oxygen atoms in total. The number of rotatable bonds is 7. The van der Waals surface area contributed by atoms with E-state index in [0.717, 1.165) is 24.2 Å². The van der Waals surface area contributed by atoms with E-state index in [2.05, 4.69) is 47.6 Å². The predicted octanol–water partition coefficient (Wildman–Crippen LogP) is 4.04. The fourth-order valence-corrected chi connectivity index (χ4v) is 3.20. The number of carbonyl (C=O) groups excluding carboxylic acids is 1. The van der Waals surface area contributed by atoms with E-state index in [9.17, 15) is 4.79 Å². The number of hydrogen-bond donors (Lipinski definition) is 0. The standard InChI is InChI=1S/C20H22N4OS/c1-3-11-23(13-16-7-9-19(26-2)10-8-16)20(25)17-5-4-6-18(12-17)24-14-21-22-15-24/h4-10,12,14-15H,3,11,13H2,1-2H3. The lowest BCUT2D eigenvalue weighted by atomic mass is 10.1. The van der Waals surface area contributed by atoms with Crippen molar-refractivity contribution in [3.05, 3.63) is 72.3 Å². The Kier molecular flexibility index (Phi) is 6.07. The largest absolute Gasteiger partial charge is 0.334 e. The van der Waals surface area contributed by atoms with Crippen LogP contribution < -0.4 is 0 Å². The summed E-state index contributed by atoms with van der Waals surface area (Å²) in [6, 6.07) is 15.9. The number of aromatic nitrogens is 3. The Morgan fingerprint density at radius 3 is 2.50 bits per heavy atom. The zero-order chi connectivity index (χ0) is 18.4. The summed E-state index contributed by atoms with van der Waals surface area (Å²) in [5.41, 5.74) is 2.69. The van der Waals surface area contributed by atoms with Gasteiger partial charge in [0, 0.05) is 29.2 Å². The van der Waals surface area contributed by atoms with E-state index in [0.29, 0.717) is 12.1 Å². The van der Waals surface area contributed by atoms with Crippen LogP contribution in [-0.2, 0) is 6.54 Å². The molecule has 1 amide bonds. The molecule has 2 aromatic carbocycles. The lowest BCUT2D eigenvalue weighted by molar-refractivity contribution is 0.0743. The van der Waals surface area contributed by atoms with Gasteiger partial charge in [0.25, 0.3) is 5.91 Å². The first-order valence-electron chi connectivity index (χ1n) is 8.58. The van der Waals surface area contributed by atoms with E-state index in [1.807, 2.05) is 29.2 Å². The van der Waals surface area contributed by atoms with Gasteiger partial charge >= 0.3 is 0 Å². The van der Waals surface area contributed by atoms with Gasteiger partial charge in [-0.1, -0.05) is 25.1 Å². The number of carbonyl (C=O) groups is 1. The highest BCUT2D eigenvalue weighted by molar-refractivity contribution is 7.98. The third-order valence-corrected chi connectivity index (χ3v) is 4.87. The van der Waals surface area contributed by atoms with Gasteiger partial charge in [-0.3, -0.25) is 9.36 Å². The second kappa shape index (κ2) is 8.67. The van der Waals surface area contributed by atoms with Crippen molar-refractivity contribution < 1.29 is 4.79 Å². The Bertz CT molecular complexity index is 847. The van der Waals surface area contributed by atoms with E-state index in [1.165, 1.54) is 4.90 Å². The molecule has 0 aliphatic rings. The molecule has 0 saturated carbocycles. The van der Waals surface area contributed by atoms with Gasteiger partial charge < -0.3 is 4.90 Å². The average molecular weight is 366 g/mol. The Hall–Kier alpha value is -2.60. The molecule has 0 N–H and O–H groups in total. The van der Waals surface area contributed by atoms with Crippen LogP contribution in [0.15, 0.2) is 66.1 Å². The van der Waals surface area contributed by atoms with Crippen LogP contribution in [0.25, 0.3) is 5.69 Å². The molecule has 0 aliphatic heterocycles. The van der Waals surface area contributed by atoms with Crippen molar-refractivity contribution in [3.8, 4) is 5.69 Å². The summed E-state index contributed by atoms with van der Waals surface area (Å²) in [5, 5.41) is 7.65. The fourth-order valence-electron chi connectivity index (χ4n) is 2.79. The van der Waals surface area contributed by atoms with E-state index in [1.54, 1.807) is 29.0 Å². The van der Waals surface area contributed by atoms with Gasteiger partial charge in [-0.25, -0.2) is 0 Å². The number of thioether (sulfide) groups is 1. The van der Waals surface area contributed by atoms with Gasteiger partial charge in [-0.2, -0.15) is 0 Å². The maximum absolute atomic E-state index is 13.1. The molecule has 3 aromatic rings. The van der Waals surface area contributed by atoms with E-state index in [4.69, 9.17) is 0 Å². The molecule has 0 spiro atoms. The third kappa shape index (κ3) is 4.32. The summed E-state index contributed by atoms with van der Waals surface area (Å²) in [6.45, 7) is 3.42. The van der Waals surface area contributed by atoms with Crippen molar-refractivity contribution in [1.29, 1.82) is 0 Å². The quantitative estimate of drug-likeness (QED) is 0.592. The van der Waals surface area contributed by atoms with Crippen LogP contribution in [-0.4, -0.2) is 38.4 Å². The van der Waals surface area contributed by atoms with Crippen LogP contribution in [0.4, 0.5) is 0 Å². The number of hydrogen-bond acceptors (Lipinski definition) is 4. The van der Waals surface area contributed by atoms with Gasteiger partial charge in [0.1, 0.15) is 12.7 Å². The fraction of sp³-hybridized carbons (Fsp3) is 0.250. The minimum Gasteiger partial charge on any atom is -0.334 e. The summed E-state index contributed by atoms with van der Waals surface area (Å²) in [6.07, 6.45) is 6.23. The molecule has 0 atom stereocenters. The number of nitrogens with zero attached hydrogens (tertiary/aromatic N) is 4. The zero-order valence-electron chi connectivity index (χ0n) is 15.0. The van der Waals surface area contributed by atoms with Crippen LogP contribution in [0, 0.1) is 0 Å². The van der Waals surface area contributed by atoms with Crippen molar-refractivity contribution in [1.82, 2.24) is 19.7 Å². The van der Waals surface area contributed by atoms with Gasteiger partial charge in [-0.15, -0.1) is 22.0 Å². The molecule has 6 heteroatoms. The maximum atomic E-state index is 13.1. The Balaban J connectivity index is 1.80. The summed E-state index contributed by atoms with van der Waals surface area (Å²) in [5.74, 6) is 0.0377. The van der Waals surface area contributed by atoms with Crippen LogP contribution in [0.3, 0.4) is 0 Å². The van der Waals surface area contributed by atoms with Gasteiger partial charge in [0.05, 0.1) is 0 Å². The molecule has 0 fully saturated rings. The normalized spacial score (nSPS) is 10.7. The first-order chi connectivity index (χ1) is 12.7. The molecule has 0 unspecified atom stereocenters. The first-order valence-corrected chi connectivity index (χ1v) is 9.81. The number of benzene rings is 2. The lowest BCUT2D eigenvalue weighted by Crippen LogP contribution is -2.31. The smallest absolute Gasteiger partial charge is 0.254 e. The van der Waals surface area contributed by atoms with Gasteiger partial charge in [0.2, 0.25) is 0 Å². The molecule has 1 heterocycles. The topological polar surface area (TPSA) is 51.0 Å². The predicted molar refractivity (Wildman–Crippen MR) is 105 cm³/mol. The van der Waals surface area contributed by atoms with Crippen LogP contribution in [0.2, 0.25) is 0 Å². The van der Waals surface area contributed by atoms with E-state index in [-0.39, 0.29) is 5.91 Å². The summed E-state index contributed by atoms with van der Waals surface area (Å²) in [7, 11) is 0. The van der Waals surface area contributed by atoms with Crippen molar-refractivity contribution >= 4 is 17.7 Å². The Morgan fingerprint density at radius 2 is 1.85 bits per heavy atom. The van der Waals surface area contributed by atoms with Crippen molar-refractivity contribution in [3.63, 3.8) is 0 Å². The first kappa shape index (κ1) is 18.2. The molecular formula is C20H22N4OS. The average Bonchev–Trinajstić information content (AvgIpc) is 3.23. The lowest BCUT2D eigenvalue weighted by Gasteiger charge is -2.23. The molecule has 0 radical (unpaired) electrons. The second-order valence-corrected chi connectivity index (χ2v) is 6.87. The zero-order valence-corrected chi connectivity index (χ0v) is 15.8. The minimum absolute atomic E-state index is 0.0377. The minimum atomic E-state index is 0.0377. The highest BCUT2D eigenvalue weighted by Gasteiger charge is 2.16. The highest BCUT2D eigenvalue weighted by atomic mass is 32.2. The van der Waals surface area contributed by atoms with E-state index < -0.39 is 0 Å². The maximum Gasteiger partial charge on any atom is 0.254 e. The molecular weight excluding hydrogens is 344 g/mol. The SMILES string of the molecule is CCCN(Cc1ccc(SC)cc1)C(=O)c1cccc(-n2cnnc2)c1. The molecule has 0 bridgehead atoms. The highest BCUT2D eigenvalue weighted by Crippen LogP contribution is 2.18. The Morgan fingerprint density at radius 1 is 1.12 bits per heavy atom.